The highest BCUT2D eigenvalue weighted by Crippen LogP contribution is 2.31. The van der Waals surface area contributed by atoms with Gasteiger partial charge in [0, 0.05) is 17.7 Å². The zero-order valence-corrected chi connectivity index (χ0v) is 13.3. The third-order valence-corrected chi connectivity index (χ3v) is 5.27. The number of methoxy groups -OCH3 is 1. The average molecular weight is 319 g/mol. The van der Waals surface area contributed by atoms with Crippen LogP contribution in [0.2, 0.25) is 0 Å². The van der Waals surface area contributed by atoms with E-state index < -0.39 is 11.5 Å². The lowest BCUT2D eigenvalue weighted by atomic mass is 9.98. The zero-order chi connectivity index (χ0) is 15.7. The summed E-state index contributed by atoms with van der Waals surface area (Å²) in [5.74, 6) is -0.716. The van der Waals surface area contributed by atoms with E-state index in [1.54, 1.807) is 0 Å². The summed E-state index contributed by atoms with van der Waals surface area (Å²) in [7, 11) is 1.32. The number of nitrogens with one attached hydrogen (secondary N) is 1. The first-order valence-electron chi connectivity index (χ1n) is 7.04. The second-order valence-electron chi connectivity index (χ2n) is 5.38. The Labute approximate surface area is 132 Å². The van der Waals surface area contributed by atoms with Crippen molar-refractivity contribution in [2.45, 2.75) is 18.9 Å². The largest absolute Gasteiger partial charge is 0.467 e. The van der Waals surface area contributed by atoms with Crippen LogP contribution in [0.25, 0.3) is 10.1 Å². The fourth-order valence-corrected chi connectivity index (χ4v) is 3.84. The molecular formula is C16H17NO4S. The Morgan fingerprint density at radius 1 is 1.36 bits per heavy atom. The molecule has 6 heteroatoms. The Balaban J connectivity index is 1.92. The number of benzene rings is 1. The van der Waals surface area contributed by atoms with Gasteiger partial charge in [-0.25, -0.2) is 4.79 Å². The van der Waals surface area contributed by atoms with Crippen LogP contribution in [-0.4, -0.2) is 37.7 Å². The SMILES string of the molecule is COC(=O)C1(NC(=O)c2sc3ccccc3c2C)CCOC1. The molecule has 1 aliphatic rings. The number of ether oxygens (including phenoxy) is 2. The number of aryl methyl sites for hydroxylation is 1. The number of esters is 1. The van der Waals surface area contributed by atoms with Crippen LogP contribution in [0.1, 0.15) is 21.7 Å². The van der Waals surface area contributed by atoms with E-state index in [1.807, 2.05) is 31.2 Å². The molecule has 1 amide bonds. The van der Waals surface area contributed by atoms with Gasteiger partial charge >= 0.3 is 5.97 Å². The highest BCUT2D eigenvalue weighted by molar-refractivity contribution is 7.21. The predicted octanol–water partition coefficient (Wildman–Crippen LogP) is 2.27. The second kappa shape index (κ2) is 5.70. The predicted molar refractivity (Wildman–Crippen MR) is 84.2 cm³/mol. The van der Waals surface area contributed by atoms with E-state index in [2.05, 4.69) is 5.32 Å². The molecule has 1 atom stereocenters. The summed E-state index contributed by atoms with van der Waals surface area (Å²) < 4.78 is 11.2. The number of thiophene rings is 1. The minimum absolute atomic E-state index is 0.148. The number of fused-ring (bicyclic) bond motifs is 1. The molecule has 1 N–H and O–H groups in total. The van der Waals surface area contributed by atoms with Gasteiger partial charge in [-0.3, -0.25) is 4.79 Å². The first-order valence-corrected chi connectivity index (χ1v) is 7.86. The molecule has 1 aromatic carbocycles. The van der Waals surface area contributed by atoms with Gasteiger partial charge < -0.3 is 14.8 Å². The Morgan fingerprint density at radius 2 is 2.14 bits per heavy atom. The second-order valence-corrected chi connectivity index (χ2v) is 6.43. The van der Waals surface area contributed by atoms with Gasteiger partial charge in [0.1, 0.15) is 0 Å². The molecule has 1 fully saturated rings. The Hall–Kier alpha value is -1.92. The molecule has 2 heterocycles. The quantitative estimate of drug-likeness (QED) is 0.882. The third-order valence-electron chi connectivity index (χ3n) is 4.00. The molecule has 3 rings (SSSR count). The standard InChI is InChI=1S/C16H17NO4S/c1-10-11-5-3-4-6-12(11)22-13(10)14(18)17-16(15(19)20-2)7-8-21-9-16/h3-6H,7-9H2,1-2H3,(H,17,18). The maximum absolute atomic E-state index is 12.7. The number of carbonyl (C=O) groups excluding carboxylic acids is 2. The van der Waals surface area contributed by atoms with Crippen molar-refractivity contribution in [2.75, 3.05) is 20.3 Å². The van der Waals surface area contributed by atoms with Crippen molar-refractivity contribution in [1.29, 1.82) is 0 Å². The van der Waals surface area contributed by atoms with Crippen molar-refractivity contribution < 1.29 is 19.1 Å². The topological polar surface area (TPSA) is 64.6 Å². The molecule has 1 aromatic heterocycles. The van der Waals surface area contributed by atoms with Crippen LogP contribution in [-0.2, 0) is 14.3 Å². The van der Waals surface area contributed by atoms with Gasteiger partial charge in [0.25, 0.3) is 5.91 Å². The highest BCUT2D eigenvalue weighted by Gasteiger charge is 2.45. The van der Waals surface area contributed by atoms with Gasteiger partial charge in [-0.15, -0.1) is 11.3 Å². The number of amides is 1. The summed E-state index contributed by atoms with van der Waals surface area (Å²) in [6, 6.07) is 7.87. The van der Waals surface area contributed by atoms with Gasteiger partial charge in [-0.2, -0.15) is 0 Å². The van der Waals surface area contributed by atoms with Crippen LogP contribution in [0.5, 0.6) is 0 Å². The minimum atomic E-state index is -1.07. The lowest BCUT2D eigenvalue weighted by Gasteiger charge is -2.25. The van der Waals surface area contributed by atoms with Gasteiger partial charge in [0.15, 0.2) is 5.54 Å². The number of rotatable bonds is 3. The van der Waals surface area contributed by atoms with Crippen LogP contribution in [0, 0.1) is 6.92 Å². The highest BCUT2D eigenvalue weighted by atomic mass is 32.1. The summed E-state index contributed by atoms with van der Waals surface area (Å²) in [6.45, 7) is 2.50. The van der Waals surface area contributed by atoms with Crippen LogP contribution in [0.4, 0.5) is 0 Å². The summed E-state index contributed by atoms with van der Waals surface area (Å²) in [5, 5.41) is 3.90. The summed E-state index contributed by atoms with van der Waals surface area (Å²) in [5.41, 5.74) is -0.147. The van der Waals surface area contributed by atoms with Crippen LogP contribution in [0.3, 0.4) is 0 Å². The molecule has 0 spiro atoms. The van der Waals surface area contributed by atoms with Crippen molar-refractivity contribution in [3.63, 3.8) is 0 Å². The van der Waals surface area contributed by atoms with E-state index in [4.69, 9.17) is 9.47 Å². The lowest BCUT2D eigenvalue weighted by molar-refractivity contribution is -0.148. The first-order chi connectivity index (χ1) is 10.6. The summed E-state index contributed by atoms with van der Waals surface area (Å²) in [4.78, 5) is 25.3. The Bertz CT molecular complexity index is 731. The molecule has 1 unspecified atom stereocenters. The molecule has 2 aromatic rings. The minimum Gasteiger partial charge on any atom is -0.467 e. The van der Waals surface area contributed by atoms with E-state index in [0.717, 1.165) is 15.6 Å². The molecule has 1 saturated heterocycles. The third kappa shape index (κ3) is 2.38. The monoisotopic (exact) mass is 319 g/mol. The van der Waals surface area contributed by atoms with E-state index in [0.29, 0.717) is 17.9 Å². The van der Waals surface area contributed by atoms with Crippen LogP contribution in [0.15, 0.2) is 24.3 Å². The lowest BCUT2D eigenvalue weighted by Crippen LogP contribution is -2.55. The Kier molecular flexibility index (Phi) is 3.88. The van der Waals surface area contributed by atoms with Gasteiger partial charge in [0.05, 0.1) is 18.6 Å². The number of carbonyl (C=O) groups is 2. The fraction of sp³-hybridized carbons (Fsp3) is 0.375. The molecule has 0 radical (unpaired) electrons. The number of hydrogen-bond donors (Lipinski definition) is 1. The van der Waals surface area contributed by atoms with Crippen molar-refractivity contribution in [3.05, 3.63) is 34.7 Å². The molecule has 1 aliphatic heterocycles. The molecular weight excluding hydrogens is 302 g/mol. The molecule has 0 bridgehead atoms. The van der Waals surface area contributed by atoms with Gasteiger partial charge in [-0.1, -0.05) is 18.2 Å². The Morgan fingerprint density at radius 3 is 2.77 bits per heavy atom. The van der Waals surface area contributed by atoms with Crippen molar-refractivity contribution in [3.8, 4) is 0 Å². The van der Waals surface area contributed by atoms with E-state index in [1.165, 1.54) is 18.4 Å². The molecule has 0 aliphatic carbocycles. The summed E-state index contributed by atoms with van der Waals surface area (Å²) >= 11 is 1.43. The maximum Gasteiger partial charge on any atom is 0.334 e. The van der Waals surface area contributed by atoms with E-state index in [9.17, 15) is 9.59 Å². The smallest absolute Gasteiger partial charge is 0.334 e. The molecule has 22 heavy (non-hydrogen) atoms. The first kappa shape index (κ1) is 15.0. The zero-order valence-electron chi connectivity index (χ0n) is 12.5. The summed E-state index contributed by atoms with van der Waals surface area (Å²) in [6.07, 6.45) is 0.426. The number of hydrogen-bond acceptors (Lipinski definition) is 5. The normalized spacial score (nSPS) is 21.0. The molecule has 116 valence electrons. The van der Waals surface area contributed by atoms with Gasteiger partial charge in [0.2, 0.25) is 0 Å². The van der Waals surface area contributed by atoms with Crippen LogP contribution >= 0.6 is 11.3 Å². The average Bonchev–Trinajstić information content (AvgIpc) is 3.13. The van der Waals surface area contributed by atoms with E-state index in [-0.39, 0.29) is 12.5 Å². The van der Waals surface area contributed by atoms with Crippen molar-refractivity contribution in [1.82, 2.24) is 5.32 Å². The molecule has 5 nitrogen and oxygen atoms in total. The van der Waals surface area contributed by atoms with Crippen molar-refractivity contribution in [2.24, 2.45) is 0 Å². The maximum atomic E-state index is 12.7. The van der Waals surface area contributed by atoms with Gasteiger partial charge in [-0.05, 0) is 23.9 Å². The van der Waals surface area contributed by atoms with Crippen LogP contribution < -0.4 is 5.32 Å². The molecule has 0 saturated carbocycles. The van der Waals surface area contributed by atoms with E-state index >= 15 is 0 Å². The van der Waals surface area contributed by atoms with Crippen molar-refractivity contribution >= 4 is 33.3 Å². The fourth-order valence-electron chi connectivity index (χ4n) is 2.74.